The number of amides is 4. The van der Waals surface area contributed by atoms with Crippen molar-refractivity contribution in [1.82, 2.24) is 21.3 Å². The van der Waals surface area contributed by atoms with E-state index < -0.39 is 72.1 Å². The highest BCUT2D eigenvalue weighted by atomic mass is 32.1. The number of nitrogens with two attached hydrogens (primary N) is 1. The van der Waals surface area contributed by atoms with Crippen LogP contribution in [0.2, 0.25) is 0 Å². The van der Waals surface area contributed by atoms with Gasteiger partial charge in [0.05, 0.1) is 6.42 Å². The third-order valence-corrected chi connectivity index (χ3v) is 5.31. The Morgan fingerprint density at radius 2 is 1.17 bits per heavy atom. The molecule has 0 aromatic carbocycles. The van der Waals surface area contributed by atoms with Crippen LogP contribution in [0.4, 0.5) is 0 Å². The lowest BCUT2D eigenvalue weighted by Crippen LogP contribution is -2.53. The molecule has 0 radical (unpaired) electrons. The van der Waals surface area contributed by atoms with E-state index in [2.05, 4.69) is 46.5 Å². The van der Waals surface area contributed by atoms with Gasteiger partial charge in [-0.15, -0.1) is 0 Å². The van der Waals surface area contributed by atoms with Gasteiger partial charge in [-0.25, -0.2) is 4.79 Å². The smallest absolute Gasteiger partial charge is 0.326 e. The summed E-state index contributed by atoms with van der Waals surface area (Å²) in [5, 5.41) is 35.9. The van der Waals surface area contributed by atoms with Gasteiger partial charge in [-0.1, -0.05) is 0 Å². The molecule has 0 bridgehead atoms. The quantitative estimate of drug-likeness (QED) is 0.0763. The third-order valence-electron chi connectivity index (χ3n) is 4.58. The van der Waals surface area contributed by atoms with Gasteiger partial charge in [-0.3, -0.25) is 28.8 Å². The summed E-state index contributed by atoms with van der Waals surface area (Å²) in [6.45, 7) is -0.156. The van der Waals surface area contributed by atoms with Crippen molar-refractivity contribution >= 4 is 66.8 Å². The van der Waals surface area contributed by atoms with E-state index in [1.165, 1.54) is 0 Å². The van der Waals surface area contributed by atoms with Gasteiger partial charge in [0, 0.05) is 30.9 Å². The lowest BCUT2D eigenvalue weighted by Gasteiger charge is -2.21. The van der Waals surface area contributed by atoms with E-state index in [4.69, 9.17) is 15.9 Å². The first-order valence-electron chi connectivity index (χ1n) is 10.6. The van der Waals surface area contributed by atoms with Gasteiger partial charge in [-0.05, 0) is 12.8 Å². The monoisotopic (exact) mass is 553 g/mol. The molecule has 0 unspecified atom stereocenters. The zero-order valence-electron chi connectivity index (χ0n) is 19.1. The molecule has 204 valence electrons. The summed E-state index contributed by atoms with van der Waals surface area (Å²) < 4.78 is 0. The minimum Gasteiger partial charge on any atom is -0.481 e. The van der Waals surface area contributed by atoms with Gasteiger partial charge in [0.15, 0.2) is 0 Å². The highest BCUT2D eigenvalue weighted by Gasteiger charge is 2.27. The molecular formula is C19H31N5O10S2. The topological polar surface area (TPSA) is 254 Å². The summed E-state index contributed by atoms with van der Waals surface area (Å²) >= 11 is 7.90. The van der Waals surface area contributed by atoms with Gasteiger partial charge in [0.2, 0.25) is 23.6 Å². The molecule has 0 aromatic rings. The molecule has 4 amide bonds. The number of rotatable bonds is 18. The molecule has 0 aromatic heterocycles. The first-order chi connectivity index (χ1) is 16.8. The second kappa shape index (κ2) is 17.4. The van der Waals surface area contributed by atoms with Crippen LogP contribution in [0.15, 0.2) is 0 Å². The summed E-state index contributed by atoms with van der Waals surface area (Å²) in [6.07, 6.45) is -1.53. The van der Waals surface area contributed by atoms with Gasteiger partial charge < -0.3 is 42.3 Å². The number of carboxylic acids is 3. The van der Waals surface area contributed by atoms with Crippen molar-refractivity contribution in [3.8, 4) is 0 Å². The summed E-state index contributed by atoms with van der Waals surface area (Å²) in [4.78, 5) is 81.3. The summed E-state index contributed by atoms with van der Waals surface area (Å²) in [7, 11) is 0. The average molecular weight is 554 g/mol. The standard InChI is InChI=1S/C19H31N5O10S2/c20-9(18(31)32)1-3-13(25)23-12(8-36)17(30)24-10(19(33)34)2-4-14(26)22-11(7-35)16(29)21-6-5-15(27)28/h9-12,35-36H,1-8,20H2,(H,21,29)(H,22,26)(H,23,25)(H,24,30)(H,27,28)(H,31,32)(H,33,34)/t9-,10-,11-,12-/m0/s1. The Balaban J connectivity index is 4.81. The van der Waals surface area contributed by atoms with Crippen LogP contribution in [0.25, 0.3) is 0 Å². The van der Waals surface area contributed by atoms with E-state index in [-0.39, 0.29) is 43.7 Å². The van der Waals surface area contributed by atoms with Gasteiger partial charge in [0.25, 0.3) is 0 Å². The van der Waals surface area contributed by atoms with Crippen LogP contribution < -0.4 is 27.0 Å². The molecule has 9 N–H and O–H groups in total. The Kier molecular flexibility index (Phi) is 15.9. The molecular weight excluding hydrogens is 522 g/mol. The normalized spacial score (nSPS) is 13.9. The molecule has 0 heterocycles. The van der Waals surface area contributed by atoms with Gasteiger partial charge in [-0.2, -0.15) is 25.3 Å². The van der Waals surface area contributed by atoms with Crippen LogP contribution >= 0.6 is 25.3 Å². The summed E-state index contributed by atoms with van der Waals surface area (Å²) in [6, 6.07) is -5.10. The minimum atomic E-state index is -1.51. The van der Waals surface area contributed by atoms with Crippen molar-refractivity contribution in [1.29, 1.82) is 0 Å². The number of aliphatic carboxylic acids is 3. The third kappa shape index (κ3) is 13.7. The van der Waals surface area contributed by atoms with Crippen molar-refractivity contribution in [3.05, 3.63) is 0 Å². The second-order valence-corrected chi connectivity index (χ2v) is 8.19. The fourth-order valence-electron chi connectivity index (χ4n) is 2.55. The molecule has 0 saturated carbocycles. The fraction of sp³-hybridized carbons (Fsp3) is 0.632. The maximum atomic E-state index is 12.4. The van der Waals surface area contributed by atoms with Crippen LogP contribution in [-0.4, -0.2) is 99.1 Å². The van der Waals surface area contributed by atoms with Crippen LogP contribution in [0.3, 0.4) is 0 Å². The number of thiol groups is 2. The first-order valence-corrected chi connectivity index (χ1v) is 11.9. The molecule has 36 heavy (non-hydrogen) atoms. The molecule has 0 rings (SSSR count). The fourth-order valence-corrected chi connectivity index (χ4v) is 3.07. The lowest BCUT2D eigenvalue weighted by atomic mass is 10.1. The second-order valence-electron chi connectivity index (χ2n) is 7.46. The molecule has 0 aliphatic carbocycles. The van der Waals surface area contributed by atoms with Crippen molar-refractivity contribution in [2.45, 2.75) is 56.3 Å². The highest BCUT2D eigenvalue weighted by Crippen LogP contribution is 2.03. The molecule has 15 nitrogen and oxygen atoms in total. The zero-order valence-corrected chi connectivity index (χ0v) is 20.9. The van der Waals surface area contributed by atoms with E-state index in [9.17, 15) is 38.7 Å². The highest BCUT2D eigenvalue weighted by molar-refractivity contribution is 7.80. The SMILES string of the molecule is N[C@@H](CCC(=O)N[C@@H](CS)C(=O)N[C@@H](CCC(=O)N[C@@H](CS)C(=O)NCCC(=O)O)C(=O)O)C(=O)O. The van der Waals surface area contributed by atoms with Crippen LogP contribution in [0.1, 0.15) is 32.1 Å². The predicted octanol–water partition coefficient (Wildman–Crippen LogP) is -3.05. The Hall–Kier alpha value is -3.05. The first kappa shape index (κ1) is 33.0. The Labute approximate surface area is 217 Å². The Morgan fingerprint density at radius 3 is 1.61 bits per heavy atom. The molecule has 4 atom stereocenters. The zero-order chi connectivity index (χ0) is 27.8. The van der Waals surface area contributed by atoms with Gasteiger partial charge >= 0.3 is 17.9 Å². The number of carboxylic acid groups (broad SMARTS) is 3. The number of carbonyl (C=O) groups is 7. The number of carbonyl (C=O) groups excluding carboxylic acids is 4. The van der Waals surface area contributed by atoms with Crippen molar-refractivity contribution in [2.24, 2.45) is 5.73 Å². The largest absolute Gasteiger partial charge is 0.481 e. The van der Waals surface area contributed by atoms with Crippen LogP contribution in [0, 0.1) is 0 Å². The number of nitrogens with one attached hydrogen (secondary N) is 4. The average Bonchev–Trinajstić information content (AvgIpc) is 2.80. The molecule has 0 saturated heterocycles. The molecule has 0 fully saturated rings. The Morgan fingerprint density at radius 1 is 0.667 bits per heavy atom. The van der Waals surface area contributed by atoms with E-state index >= 15 is 0 Å². The molecule has 0 aliphatic rings. The maximum Gasteiger partial charge on any atom is 0.326 e. The van der Waals surface area contributed by atoms with Crippen LogP contribution in [-0.2, 0) is 33.6 Å². The minimum absolute atomic E-state index is 0.107. The van der Waals surface area contributed by atoms with E-state index in [0.29, 0.717) is 0 Å². The summed E-state index contributed by atoms with van der Waals surface area (Å²) in [5.41, 5.74) is 5.31. The van der Waals surface area contributed by atoms with E-state index in [0.717, 1.165) is 0 Å². The predicted molar refractivity (Wildman–Crippen MR) is 130 cm³/mol. The lowest BCUT2D eigenvalue weighted by molar-refractivity contribution is -0.142. The van der Waals surface area contributed by atoms with Gasteiger partial charge in [0.1, 0.15) is 24.2 Å². The molecule has 17 heteroatoms. The molecule has 0 spiro atoms. The van der Waals surface area contributed by atoms with E-state index in [1.807, 2.05) is 0 Å². The Bertz CT molecular complexity index is 828. The molecule has 0 aliphatic heterocycles. The summed E-state index contributed by atoms with van der Waals surface area (Å²) in [5.74, 6) is -7.13. The maximum absolute atomic E-state index is 12.4. The van der Waals surface area contributed by atoms with Crippen LogP contribution in [0.5, 0.6) is 0 Å². The number of hydrogen-bond acceptors (Lipinski definition) is 10. The number of hydrogen-bond donors (Lipinski definition) is 10. The van der Waals surface area contributed by atoms with E-state index in [1.54, 1.807) is 0 Å². The van der Waals surface area contributed by atoms with Crippen molar-refractivity contribution in [3.63, 3.8) is 0 Å². The van der Waals surface area contributed by atoms with Crippen molar-refractivity contribution < 1.29 is 48.9 Å². The van der Waals surface area contributed by atoms with Crippen molar-refractivity contribution in [2.75, 3.05) is 18.1 Å².